The van der Waals surface area contributed by atoms with Gasteiger partial charge in [-0.05, 0) is 45.8 Å². The third-order valence-electron chi connectivity index (χ3n) is 2.84. The predicted molar refractivity (Wildman–Crippen MR) is 82.6 cm³/mol. The number of esters is 1. The Morgan fingerprint density at radius 3 is 2.55 bits per heavy atom. The Hall–Kier alpha value is -1.43. The van der Waals surface area contributed by atoms with Crippen molar-refractivity contribution in [1.82, 2.24) is 4.90 Å². The van der Waals surface area contributed by atoms with Crippen LogP contribution in [0.25, 0.3) is 0 Å². The third-order valence-corrected chi connectivity index (χ3v) is 3.64. The van der Waals surface area contributed by atoms with Gasteiger partial charge in [0.25, 0.3) is 10.1 Å². The lowest BCUT2D eigenvalue weighted by molar-refractivity contribution is -0.138. The summed E-state index contributed by atoms with van der Waals surface area (Å²) >= 11 is 0. The number of hydrogen-bond acceptors (Lipinski definition) is 6. The van der Waals surface area contributed by atoms with Crippen molar-refractivity contribution in [3.05, 3.63) is 11.6 Å². The second kappa shape index (κ2) is 10.3. The topological polar surface area (TPSA) is 108 Å². The first-order chi connectivity index (χ1) is 10.2. The van der Waals surface area contributed by atoms with E-state index in [1.54, 1.807) is 12.1 Å². The first kappa shape index (κ1) is 20.6. The fourth-order valence-electron chi connectivity index (χ4n) is 1.73. The van der Waals surface area contributed by atoms with Crippen molar-refractivity contribution in [1.29, 1.82) is 5.26 Å². The van der Waals surface area contributed by atoms with E-state index < -0.39 is 21.8 Å². The van der Waals surface area contributed by atoms with E-state index in [2.05, 4.69) is 4.90 Å². The van der Waals surface area contributed by atoms with E-state index in [0.29, 0.717) is 0 Å². The fraction of sp³-hybridized carbons (Fsp3) is 0.714. The zero-order chi connectivity index (χ0) is 17.2. The van der Waals surface area contributed by atoms with E-state index in [4.69, 9.17) is 14.6 Å². The van der Waals surface area contributed by atoms with Gasteiger partial charge in [0.2, 0.25) is 0 Å². The van der Waals surface area contributed by atoms with Crippen molar-refractivity contribution in [2.45, 2.75) is 26.2 Å². The molecular weight excluding hydrogens is 308 g/mol. The van der Waals surface area contributed by atoms with Gasteiger partial charge in [-0.25, -0.2) is 4.79 Å². The SMILES string of the molecule is CC(C=C(C#N)C(=O)OCCCS(=O)(=O)O)CCCN(C)C. The van der Waals surface area contributed by atoms with Crippen molar-refractivity contribution < 1.29 is 22.5 Å². The van der Waals surface area contributed by atoms with Crippen LogP contribution in [-0.2, 0) is 19.6 Å². The van der Waals surface area contributed by atoms with Crippen LogP contribution in [0.2, 0.25) is 0 Å². The Kier molecular flexibility index (Phi) is 9.65. The lowest BCUT2D eigenvalue weighted by Gasteiger charge is -2.11. The largest absolute Gasteiger partial charge is 0.462 e. The lowest BCUT2D eigenvalue weighted by atomic mass is 10.0. The fourth-order valence-corrected chi connectivity index (χ4v) is 2.21. The smallest absolute Gasteiger partial charge is 0.348 e. The van der Waals surface area contributed by atoms with Gasteiger partial charge in [0.05, 0.1) is 12.4 Å². The third kappa shape index (κ3) is 11.3. The summed E-state index contributed by atoms with van der Waals surface area (Å²) in [5.74, 6) is -1.18. The number of carbonyl (C=O) groups is 1. The number of ether oxygens (including phenoxy) is 1. The molecule has 0 amide bonds. The molecule has 0 saturated carbocycles. The van der Waals surface area contributed by atoms with Gasteiger partial charge in [-0.3, -0.25) is 4.55 Å². The van der Waals surface area contributed by atoms with Gasteiger partial charge in [-0.2, -0.15) is 13.7 Å². The van der Waals surface area contributed by atoms with Gasteiger partial charge < -0.3 is 9.64 Å². The first-order valence-electron chi connectivity index (χ1n) is 7.04. The Bertz CT molecular complexity index is 520. The van der Waals surface area contributed by atoms with Crippen LogP contribution in [0.5, 0.6) is 0 Å². The molecule has 0 radical (unpaired) electrons. The molecule has 1 N–H and O–H groups in total. The number of nitrogens with zero attached hydrogens (tertiary/aromatic N) is 2. The summed E-state index contributed by atoms with van der Waals surface area (Å²) in [4.78, 5) is 13.7. The van der Waals surface area contributed by atoms with Gasteiger partial charge in [0, 0.05) is 0 Å². The molecule has 0 aliphatic heterocycles. The highest BCUT2D eigenvalue weighted by Gasteiger charge is 2.13. The summed E-state index contributed by atoms with van der Waals surface area (Å²) in [6.07, 6.45) is 3.36. The molecule has 0 heterocycles. The van der Waals surface area contributed by atoms with E-state index in [-0.39, 0.29) is 24.5 Å². The van der Waals surface area contributed by atoms with Crippen molar-refractivity contribution >= 4 is 16.1 Å². The summed E-state index contributed by atoms with van der Waals surface area (Å²) < 4.78 is 34.4. The second-order valence-electron chi connectivity index (χ2n) is 5.39. The van der Waals surface area contributed by atoms with Crippen LogP contribution in [0, 0.1) is 17.2 Å². The van der Waals surface area contributed by atoms with Crippen LogP contribution in [0.4, 0.5) is 0 Å². The minimum Gasteiger partial charge on any atom is -0.462 e. The molecule has 1 atom stereocenters. The van der Waals surface area contributed by atoms with Crippen molar-refractivity contribution in [2.24, 2.45) is 5.92 Å². The molecule has 0 saturated heterocycles. The average molecular weight is 332 g/mol. The minimum absolute atomic E-state index is 0.0122. The van der Waals surface area contributed by atoms with Crippen LogP contribution < -0.4 is 0 Å². The number of allylic oxidation sites excluding steroid dienone is 1. The molecule has 0 fully saturated rings. The quantitative estimate of drug-likeness (QED) is 0.211. The highest BCUT2D eigenvalue weighted by atomic mass is 32.2. The summed E-state index contributed by atoms with van der Waals surface area (Å²) in [5, 5.41) is 8.98. The summed E-state index contributed by atoms with van der Waals surface area (Å²) in [6, 6.07) is 1.80. The molecule has 0 aromatic carbocycles. The predicted octanol–water partition coefficient (Wildman–Crippen LogP) is 1.24. The van der Waals surface area contributed by atoms with E-state index in [1.165, 1.54) is 0 Å². The van der Waals surface area contributed by atoms with Crippen LogP contribution >= 0.6 is 0 Å². The number of hydrogen-bond donors (Lipinski definition) is 1. The molecule has 7 nitrogen and oxygen atoms in total. The molecule has 8 heteroatoms. The number of rotatable bonds is 10. The summed E-state index contributed by atoms with van der Waals surface area (Å²) in [7, 11) is -0.104. The molecule has 22 heavy (non-hydrogen) atoms. The highest BCUT2D eigenvalue weighted by molar-refractivity contribution is 7.85. The average Bonchev–Trinajstić information content (AvgIpc) is 2.39. The molecule has 126 valence electrons. The highest BCUT2D eigenvalue weighted by Crippen LogP contribution is 2.11. The van der Waals surface area contributed by atoms with Gasteiger partial charge in [-0.1, -0.05) is 13.0 Å². The molecular formula is C14H24N2O5S. The van der Waals surface area contributed by atoms with Crippen LogP contribution in [0.3, 0.4) is 0 Å². The Morgan fingerprint density at radius 2 is 2.05 bits per heavy atom. The van der Waals surface area contributed by atoms with Crippen molar-refractivity contribution in [3.8, 4) is 6.07 Å². The molecule has 0 aromatic heterocycles. The number of nitriles is 1. The molecule has 0 aliphatic rings. The molecule has 0 bridgehead atoms. The van der Waals surface area contributed by atoms with Gasteiger partial charge in [-0.15, -0.1) is 0 Å². The Morgan fingerprint density at radius 1 is 1.41 bits per heavy atom. The van der Waals surface area contributed by atoms with E-state index in [0.717, 1.165) is 19.4 Å². The second-order valence-corrected chi connectivity index (χ2v) is 6.96. The maximum Gasteiger partial charge on any atom is 0.348 e. The molecule has 0 aliphatic carbocycles. The maximum atomic E-state index is 11.7. The first-order valence-corrected chi connectivity index (χ1v) is 8.65. The monoisotopic (exact) mass is 332 g/mol. The van der Waals surface area contributed by atoms with E-state index >= 15 is 0 Å². The van der Waals surface area contributed by atoms with Crippen LogP contribution in [0.15, 0.2) is 11.6 Å². The molecule has 0 rings (SSSR count). The van der Waals surface area contributed by atoms with E-state index in [9.17, 15) is 13.2 Å². The van der Waals surface area contributed by atoms with Crippen molar-refractivity contribution in [2.75, 3.05) is 33.0 Å². The van der Waals surface area contributed by atoms with E-state index in [1.807, 2.05) is 21.0 Å². The molecule has 1 unspecified atom stereocenters. The standard InChI is InChI=1S/C14H24N2O5S/c1-12(6-4-7-16(2)3)10-13(11-15)14(17)21-8-5-9-22(18,19)20/h10,12H,4-9H2,1-3H3,(H,18,19,20). The van der Waals surface area contributed by atoms with Gasteiger partial charge in [0.15, 0.2) is 0 Å². The van der Waals surface area contributed by atoms with Crippen molar-refractivity contribution in [3.63, 3.8) is 0 Å². The Labute approximate surface area is 132 Å². The maximum absolute atomic E-state index is 11.7. The van der Waals surface area contributed by atoms with Gasteiger partial charge >= 0.3 is 5.97 Å². The molecule has 0 aromatic rings. The summed E-state index contributed by atoms with van der Waals surface area (Å²) in [5.41, 5.74) is -0.0794. The normalized spacial score (nSPS) is 13.7. The lowest BCUT2D eigenvalue weighted by Crippen LogP contribution is -2.14. The zero-order valence-corrected chi connectivity index (χ0v) is 14.1. The molecule has 0 spiro atoms. The Balaban J connectivity index is 4.28. The van der Waals surface area contributed by atoms with Crippen LogP contribution in [0.1, 0.15) is 26.2 Å². The zero-order valence-electron chi connectivity index (χ0n) is 13.3. The minimum atomic E-state index is -4.06. The van der Waals surface area contributed by atoms with Gasteiger partial charge in [0.1, 0.15) is 11.6 Å². The van der Waals surface area contributed by atoms with Crippen LogP contribution in [-0.4, -0.2) is 56.8 Å². The summed E-state index contributed by atoms with van der Waals surface area (Å²) in [6.45, 7) is 2.69. The number of carbonyl (C=O) groups excluding carboxylic acids is 1.